The Balaban J connectivity index is 0.000000153. The van der Waals surface area contributed by atoms with Gasteiger partial charge in [0.1, 0.15) is 34.8 Å². The fourth-order valence-corrected chi connectivity index (χ4v) is 8.33. The van der Waals surface area contributed by atoms with Crippen LogP contribution < -0.4 is 44.4 Å². The molecule has 0 bridgehead atoms. The molecule has 0 aliphatic heterocycles. The monoisotopic (exact) mass is 1240 g/mol. The summed E-state index contributed by atoms with van der Waals surface area (Å²) in [7, 11) is 4.15. The third-order valence-electron chi connectivity index (χ3n) is 12.8. The molecule has 6 aromatic carbocycles. The smallest absolute Gasteiger partial charge is 0.281 e. The third-order valence-corrected chi connectivity index (χ3v) is 12.8. The number of amides is 3. The van der Waals surface area contributed by atoms with Gasteiger partial charge in [-0.3, -0.25) is 14.4 Å². The SMILES string of the molecule is C#Cc1ccc(NC(=O)c2nc3ccccc3nc2Oc2ccc(F)cc2OC)cn1.C#Cc1ccc(NC(=O)c2nc3ccccc3nc2Oc2ccc(F)cc2OC)nc1.C#Cc1ccnc(NC(=O)c2nc3ccccc3nc2Oc2ccc(F)cc2OC)c1. The van der Waals surface area contributed by atoms with Crippen molar-refractivity contribution in [2.45, 2.75) is 0 Å². The third kappa shape index (κ3) is 15.4. The minimum atomic E-state index is -0.601. The van der Waals surface area contributed by atoms with E-state index in [1.54, 1.807) is 109 Å². The number of hydrogen-bond donors (Lipinski definition) is 3. The van der Waals surface area contributed by atoms with Crippen molar-refractivity contribution in [2.75, 3.05) is 37.3 Å². The zero-order valence-corrected chi connectivity index (χ0v) is 48.9. The Kier molecular flexibility index (Phi) is 19.5. The average Bonchev–Trinajstić information content (AvgIpc) is 2.08. The van der Waals surface area contributed by atoms with Crippen LogP contribution in [0.25, 0.3) is 33.1 Å². The zero-order valence-electron chi connectivity index (χ0n) is 48.9. The number of nitrogens with one attached hydrogen (secondary N) is 3. The Bertz CT molecular complexity index is 4740. The van der Waals surface area contributed by atoms with Crippen molar-refractivity contribution in [3.8, 4) is 89.2 Å². The van der Waals surface area contributed by atoms with E-state index >= 15 is 0 Å². The number of halogens is 3. The van der Waals surface area contributed by atoms with Crippen molar-refractivity contribution in [1.29, 1.82) is 0 Å². The molecule has 12 aromatic rings. The van der Waals surface area contributed by atoms with Crippen LogP contribution in [-0.2, 0) is 0 Å². The maximum Gasteiger partial charge on any atom is 0.281 e. The van der Waals surface area contributed by atoms with E-state index in [1.807, 2.05) is 0 Å². The van der Waals surface area contributed by atoms with Crippen LogP contribution in [0.4, 0.5) is 30.5 Å². The predicted molar refractivity (Wildman–Crippen MR) is 338 cm³/mol. The first-order chi connectivity index (χ1) is 45.2. The Labute approximate surface area is 527 Å². The molecule has 3 N–H and O–H groups in total. The van der Waals surface area contributed by atoms with Gasteiger partial charge in [0, 0.05) is 41.7 Å². The number of ether oxygens (including phenoxy) is 6. The molecule has 456 valence electrons. The van der Waals surface area contributed by atoms with Gasteiger partial charge in [-0.15, -0.1) is 19.3 Å². The van der Waals surface area contributed by atoms with Gasteiger partial charge in [0.25, 0.3) is 35.4 Å². The second-order valence-electron chi connectivity index (χ2n) is 18.9. The standard InChI is InChI=1S/3C23H15FN4O3/c1-3-15-9-10-16(13-25-15)26-22(29)21-23(28-18-7-5-4-6-17(18)27-21)31-19-11-8-14(24)12-20(19)30-2;1-3-14-8-11-20(25-13-14)28-22(29)21-23(27-17-7-5-4-6-16(17)26-21)31-18-10-9-15(24)12-19(18)30-2;1-3-14-10-11-25-20(12-14)28-22(29)21-23(27-17-7-5-4-6-16(17)26-21)31-18-9-8-15(24)13-19(18)30-2/h1,4-13H,2H3,(H,26,29);2*1,4-13H,2H3,(H,25,28,29). The van der Waals surface area contributed by atoms with Gasteiger partial charge >= 0.3 is 0 Å². The molecule has 24 heteroatoms. The predicted octanol–water partition coefficient (Wildman–Crippen LogP) is 12.6. The number of carbonyl (C=O) groups excluding carboxylic acids is 3. The fraction of sp³-hybridized carbons (Fsp3) is 0.0435. The van der Waals surface area contributed by atoms with Crippen LogP contribution in [0.3, 0.4) is 0 Å². The molecule has 3 amide bonds. The molecule has 21 nitrogen and oxygen atoms in total. The van der Waals surface area contributed by atoms with E-state index in [9.17, 15) is 27.6 Å². The number of aromatic nitrogens is 9. The Morgan fingerprint density at radius 1 is 0.387 bits per heavy atom. The molecule has 0 aliphatic carbocycles. The van der Waals surface area contributed by atoms with Gasteiger partial charge in [-0.2, -0.15) is 0 Å². The highest BCUT2D eigenvalue weighted by molar-refractivity contribution is 6.07. The molecule has 0 atom stereocenters. The lowest BCUT2D eigenvalue weighted by molar-refractivity contribution is 0.101. The maximum absolute atomic E-state index is 13.5. The van der Waals surface area contributed by atoms with Gasteiger partial charge < -0.3 is 44.4 Å². The summed E-state index contributed by atoms with van der Waals surface area (Å²) in [6.07, 6.45) is 20.4. The van der Waals surface area contributed by atoms with Gasteiger partial charge in [0.15, 0.2) is 51.6 Å². The van der Waals surface area contributed by atoms with Crippen molar-refractivity contribution in [1.82, 2.24) is 44.9 Å². The Morgan fingerprint density at radius 3 is 1.16 bits per heavy atom. The highest BCUT2D eigenvalue weighted by atomic mass is 19.1. The number of pyridine rings is 3. The highest BCUT2D eigenvalue weighted by Crippen LogP contribution is 2.37. The lowest BCUT2D eigenvalue weighted by Crippen LogP contribution is -2.17. The summed E-state index contributed by atoms with van der Waals surface area (Å²) >= 11 is 0. The molecule has 0 fully saturated rings. The van der Waals surface area contributed by atoms with Crippen molar-refractivity contribution >= 4 is 68.1 Å². The summed E-state index contributed by atoms with van der Waals surface area (Å²) in [5.41, 5.74) is 4.84. The van der Waals surface area contributed by atoms with Crippen molar-refractivity contribution in [2.24, 2.45) is 0 Å². The molecular formula is C69H45F3N12O9. The number of rotatable bonds is 15. The summed E-state index contributed by atoms with van der Waals surface area (Å²) in [4.78, 5) is 77.6. The summed E-state index contributed by atoms with van der Waals surface area (Å²) < 4.78 is 73.6. The minimum absolute atomic E-state index is 0.0608. The average molecular weight is 1240 g/mol. The van der Waals surface area contributed by atoms with E-state index in [2.05, 4.69) is 78.6 Å². The topological polar surface area (TPSA) is 259 Å². The van der Waals surface area contributed by atoms with Crippen LogP contribution >= 0.6 is 0 Å². The normalized spacial score (nSPS) is 10.4. The van der Waals surface area contributed by atoms with E-state index in [0.29, 0.717) is 55.6 Å². The lowest BCUT2D eigenvalue weighted by Gasteiger charge is -2.13. The number of fused-ring (bicyclic) bond motifs is 3. The van der Waals surface area contributed by atoms with Crippen LogP contribution in [0.2, 0.25) is 0 Å². The summed E-state index contributed by atoms with van der Waals surface area (Å²) in [6.45, 7) is 0. The molecule has 12 rings (SSSR count). The zero-order chi connectivity index (χ0) is 65.4. The van der Waals surface area contributed by atoms with E-state index in [4.69, 9.17) is 47.7 Å². The number of para-hydroxylation sites is 6. The number of terminal acetylenes is 3. The molecule has 6 heterocycles. The summed E-state index contributed by atoms with van der Waals surface area (Å²) in [5, 5.41) is 7.98. The molecule has 0 radical (unpaired) electrons. The largest absolute Gasteiger partial charge is 0.493 e. The molecular weight excluding hydrogens is 1200 g/mol. The van der Waals surface area contributed by atoms with Gasteiger partial charge in [0.2, 0.25) is 0 Å². The molecule has 93 heavy (non-hydrogen) atoms. The second kappa shape index (κ2) is 29.0. The van der Waals surface area contributed by atoms with Crippen LogP contribution in [0.5, 0.6) is 52.1 Å². The molecule has 0 saturated carbocycles. The first-order valence-corrected chi connectivity index (χ1v) is 27.3. The summed E-state index contributed by atoms with van der Waals surface area (Å²) in [5.74, 6) is 5.41. The second-order valence-corrected chi connectivity index (χ2v) is 18.9. The quantitative estimate of drug-likeness (QED) is 0.0806. The maximum atomic E-state index is 13.5. The number of benzene rings is 6. The van der Waals surface area contributed by atoms with E-state index < -0.39 is 35.2 Å². The van der Waals surface area contributed by atoms with Crippen LogP contribution in [0.1, 0.15) is 48.3 Å². The molecule has 0 spiro atoms. The number of methoxy groups -OCH3 is 3. The minimum Gasteiger partial charge on any atom is -0.493 e. The highest BCUT2D eigenvalue weighted by Gasteiger charge is 2.25. The first kappa shape index (κ1) is 62.5. The van der Waals surface area contributed by atoms with Crippen molar-refractivity contribution in [3.05, 3.63) is 234 Å². The number of hydrogen-bond acceptors (Lipinski definition) is 18. The van der Waals surface area contributed by atoms with Gasteiger partial charge in [-0.25, -0.2) is 58.0 Å². The lowest BCUT2D eigenvalue weighted by atomic mass is 10.2. The van der Waals surface area contributed by atoms with E-state index in [0.717, 1.165) is 0 Å². The molecule has 6 aromatic heterocycles. The Hall–Kier alpha value is -13.5. The van der Waals surface area contributed by atoms with Crippen molar-refractivity contribution < 1.29 is 56.0 Å². The Morgan fingerprint density at radius 2 is 0.796 bits per heavy atom. The molecule has 0 unspecified atom stereocenters. The molecule has 0 aliphatic rings. The fourth-order valence-electron chi connectivity index (χ4n) is 8.33. The number of carbonyl (C=O) groups is 3. The van der Waals surface area contributed by atoms with Crippen LogP contribution in [-0.4, -0.2) is 83.9 Å². The number of nitrogens with zero attached hydrogens (tertiary/aromatic N) is 9. The van der Waals surface area contributed by atoms with Crippen LogP contribution in [0, 0.1) is 54.5 Å². The number of anilines is 3. The van der Waals surface area contributed by atoms with Gasteiger partial charge in [0.05, 0.1) is 66.3 Å². The first-order valence-electron chi connectivity index (χ1n) is 27.3. The van der Waals surface area contributed by atoms with Crippen LogP contribution in [0.15, 0.2) is 182 Å². The van der Waals surface area contributed by atoms with Crippen molar-refractivity contribution in [3.63, 3.8) is 0 Å². The summed E-state index contributed by atoms with van der Waals surface area (Å²) in [6, 6.07) is 42.0. The molecule has 0 saturated heterocycles. The van der Waals surface area contributed by atoms with E-state index in [-0.39, 0.29) is 80.9 Å². The van der Waals surface area contributed by atoms with E-state index in [1.165, 1.54) is 94.5 Å². The van der Waals surface area contributed by atoms with Gasteiger partial charge in [-0.05, 0) is 109 Å². The van der Waals surface area contributed by atoms with Gasteiger partial charge in [-0.1, -0.05) is 54.2 Å².